The molecule has 0 saturated carbocycles. The third-order valence-corrected chi connectivity index (χ3v) is 4.55. The number of ketones is 1. The number of hydrogen-bond acceptors (Lipinski definition) is 4. The van der Waals surface area contributed by atoms with Gasteiger partial charge in [-0.15, -0.1) is 0 Å². The highest BCUT2D eigenvalue weighted by Gasteiger charge is 2.14. The molecule has 0 amide bonds. The average molecular weight is 342 g/mol. The lowest BCUT2D eigenvalue weighted by atomic mass is 10.0. The minimum atomic E-state index is -1.95. The summed E-state index contributed by atoms with van der Waals surface area (Å²) in [6.07, 6.45) is 16.9. The van der Waals surface area contributed by atoms with E-state index >= 15 is 0 Å². The summed E-state index contributed by atoms with van der Waals surface area (Å²) in [5, 5.41) is 19.3. The zero-order chi connectivity index (χ0) is 18.0. The van der Waals surface area contributed by atoms with Gasteiger partial charge in [-0.05, 0) is 6.42 Å². The number of carboxylic acids is 1. The summed E-state index contributed by atoms with van der Waals surface area (Å²) >= 11 is 0. The van der Waals surface area contributed by atoms with Crippen LogP contribution in [0.2, 0.25) is 0 Å². The molecule has 142 valence electrons. The molecular weight excluding hydrogens is 304 g/mol. The number of hydrogen-bond donors (Lipinski definition) is 1. The Labute approximate surface area is 148 Å². The Morgan fingerprint density at radius 3 is 1.38 bits per heavy atom. The van der Waals surface area contributed by atoms with Crippen LogP contribution < -0.4 is 5.11 Å². The van der Waals surface area contributed by atoms with Gasteiger partial charge in [0.2, 0.25) is 0 Å². The number of aliphatic carboxylic acids is 1. The maximum Gasteiger partial charge on any atom is 0.167 e. The maximum atomic E-state index is 11.2. The second-order valence-corrected chi connectivity index (χ2v) is 6.89. The predicted molar refractivity (Wildman–Crippen MR) is 95.6 cm³/mol. The van der Waals surface area contributed by atoms with Gasteiger partial charge in [-0.25, -0.2) is 0 Å². The predicted octanol–water partition coefficient (Wildman–Crippen LogP) is 3.93. The summed E-state index contributed by atoms with van der Waals surface area (Å²) in [7, 11) is 0. The molecule has 0 saturated heterocycles. The Balaban J connectivity index is 3.18. The Bertz CT molecular complexity index is 315. The number of carbonyl (C=O) groups is 2. The van der Waals surface area contributed by atoms with E-state index in [1.54, 1.807) is 0 Å². The van der Waals surface area contributed by atoms with E-state index < -0.39 is 17.9 Å². The number of carbonyl (C=O) groups excluding carboxylic acids is 2. The minimum absolute atomic E-state index is 0.132. The molecule has 0 fully saturated rings. The smallest absolute Gasteiger partial charge is 0.167 e. The third kappa shape index (κ3) is 14.7. The molecule has 24 heavy (non-hydrogen) atoms. The molecule has 0 aromatic heterocycles. The molecule has 0 radical (unpaired) electrons. The number of carboxylic acid groups (broad SMARTS) is 1. The van der Waals surface area contributed by atoms with Crippen LogP contribution in [-0.4, -0.2) is 23.0 Å². The van der Waals surface area contributed by atoms with Crippen molar-refractivity contribution >= 4 is 11.8 Å². The first-order valence-corrected chi connectivity index (χ1v) is 10.0. The van der Waals surface area contributed by atoms with E-state index in [4.69, 9.17) is 5.11 Å². The second-order valence-electron chi connectivity index (χ2n) is 6.89. The van der Waals surface area contributed by atoms with E-state index in [0.717, 1.165) is 12.8 Å². The Hall–Kier alpha value is -0.900. The molecule has 0 rings (SSSR count). The summed E-state index contributed by atoms with van der Waals surface area (Å²) in [6.45, 7) is 2.25. The topological polar surface area (TPSA) is 77.4 Å². The van der Waals surface area contributed by atoms with E-state index in [1.165, 1.54) is 77.0 Å². The van der Waals surface area contributed by atoms with Crippen molar-refractivity contribution in [2.24, 2.45) is 0 Å². The molecule has 0 heterocycles. The van der Waals surface area contributed by atoms with E-state index in [9.17, 15) is 14.7 Å². The van der Waals surface area contributed by atoms with Gasteiger partial charge in [0.25, 0.3) is 0 Å². The first kappa shape index (κ1) is 23.1. The van der Waals surface area contributed by atoms with Gasteiger partial charge < -0.3 is 15.0 Å². The molecule has 4 heteroatoms. The van der Waals surface area contributed by atoms with Gasteiger partial charge in [-0.2, -0.15) is 0 Å². The summed E-state index contributed by atoms with van der Waals surface area (Å²) in [5.74, 6) is -2.33. The fraction of sp³-hybridized carbons (Fsp3) is 0.900. The number of unbranched alkanes of at least 4 members (excludes halogenated alkanes) is 14. The molecular formula is C20H37O4-. The summed E-state index contributed by atoms with van der Waals surface area (Å²) in [5.41, 5.74) is 0. The fourth-order valence-corrected chi connectivity index (χ4v) is 2.94. The van der Waals surface area contributed by atoms with Gasteiger partial charge in [-0.1, -0.05) is 96.8 Å². The maximum absolute atomic E-state index is 11.2. The molecule has 0 aromatic rings. The molecule has 1 unspecified atom stereocenters. The van der Waals surface area contributed by atoms with Crippen molar-refractivity contribution < 1.29 is 19.8 Å². The zero-order valence-corrected chi connectivity index (χ0v) is 15.6. The van der Waals surface area contributed by atoms with Crippen LogP contribution in [0.5, 0.6) is 0 Å². The molecule has 0 aliphatic rings. The van der Waals surface area contributed by atoms with Crippen LogP contribution in [0.1, 0.15) is 110 Å². The highest BCUT2D eigenvalue weighted by molar-refractivity contribution is 5.99. The quantitative estimate of drug-likeness (QED) is 0.303. The Morgan fingerprint density at radius 1 is 0.708 bits per heavy atom. The van der Waals surface area contributed by atoms with Crippen molar-refractivity contribution in [3.8, 4) is 0 Å². The van der Waals surface area contributed by atoms with Crippen molar-refractivity contribution in [1.29, 1.82) is 0 Å². The number of Topliss-reactive ketones (excluding diaryl/α,β-unsaturated/α-hetero) is 1. The number of aliphatic hydroxyl groups excluding tert-OH is 1. The van der Waals surface area contributed by atoms with E-state index in [-0.39, 0.29) is 6.42 Å². The molecule has 1 atom stereocenters. The van der Waals surface area contributed by atoms with Crippen LogP contribution in [0.3, 0.4) is 0 Å². The van der Waals surface area contributed by atoms with Gasteiger partial charge in [0.05, 0.1) is 5.97 Å². The first-order valence-electron chi connectivity index (χ1n) is 10.0. The van der Waals surface area contributed by atoms with Gasteiger partial charge >= 0.3 is 0 Å². The average Bonchev–Trinajstić information content (AvgIpc) is 2.57. The molecule has 0 spiro atoms. The molecule has 1 N–H and O–H groups in total. The summed E-state index contributed by atoms with van der Waals surface area (Å²) < 4.78 is 0. The van der Waals surface area contributed by atoms with Crippen LogP contribution in [-0.2, 0) is 9.59 Å². The van der Waals surface area contributed by atoms with Gasteiger partial charge in [0.15, 0.2) is 11.9 Å². The lowest BCUT2D eigenvalue weighted by molar-refractivity contribution is -0.312. The number of rotatable bonds is 18. The highest BCUT2D eigenvalue weighted by Crippen LogP contribution is 2.13. The van der Waals surface area contributed by atoms with Crippen LogP contribution in [0.15, 0.2) is 0 Å². The van der Waals surface area contributed by atoms with Crippen LogP contribution >= 0.6 is 0 Å². The highest BCUT2D eigenvalue weighted by atomic mass is 16.4. The van der Waals surface area contributed by atoms with Gasteiger partial charge in [0.1, 0.15) is 0 Å². The van der Waals surface area contributed by atoms with Crippen molar-refractivity contribution in [3.05, 3.63) is 0 Å². The largest absolute Gasteiger partial charge is 0.547 e. The zero-order valence-electron chi connectivity index (χ0n) is 15.6. The molecule has 0 aliphatic heterocycles. The molecule has 0 aromatic carbocycles. The van der Waals surface area contributed by atoms with Gasteiger partial charge in [0, 0.05) is 6.42 Å². The first-order chi connectivity index (χ1) is 11.6. The van der Waals surface area contributed by atoms with Crippen LogP contribution in [0.4, 0.5) is 0 Å². The lowest BCUT2D eigenvalue weighted by Crippen LogP contribution is -2.40. The summed E-state index contributed by atoms with van der Waals surface area (Å²) in [6, 6.07) is 0. The Morgan fingerprint density at radius 2 is 1.04 bits per heavy atom. The van der Waals surface area contributed by atoms with Crippen molar-refractivity contribution in [2.75, 3.05) is 0 Å². The molecule has 0 bridgehead atoms. The fourth-order valence-electron chi connectivity index (χ4n) is 2.94. The number of aliphatic hydroxyl groups is 1. The normalized spacial score (nSPS) is 12.2. The van der Waals surface area contributed by atoms with Gasteiger partial charge in [-0.3, -0.25) is 4.79 Å². The molecule has 0 aliphatic carbocycles. The van der Waals surface area contributed by atoms with E-state index in [1.807, 2.05) is 0 Å². The second kappa shape index (κ2) is 16.9. The lowest BCUT2D eigenvalue weighted by Gasteiger charge is -2.09. The third-order valence-electron chi connectivity index (χ3n) is 4.55. The standard InChI is InChI=1S/C20H38O4/c1-2-3-4-5-6-7-8-9-10-11-12-13-14-15-16-17-18(21)19(22)20(23)24/h19,22H,2-17H2,1H3,(H,23,24)/p-1. The molecule has 4 nitrogen and oxygen atoms in total. The van der Waals surface area contributed by atoms with Crippen molar-refractivity contribution in [3.63, 3.8) is 0 Å². The summed E-state index contributed by atoms with van der Waals surface area (Å²) in [4.78, 5) is 21.6. The van der Waals surface area contributed by atoms with Crippen molar-refractivity contribution in [1.82, 2.24) is 0 Å². The SMILES string of the molecule is CCCCCCCCCCCCCCCCCC(=O)C(O)C(=O)[O-]. The van der Waals surface area contributed by atoms with E-state index in [0.29, 0.717) is 6.42 Å². The van der Waals surface area contributed by atoms with Crippen LogP contribution in [0.25, 0.3) is 0 Å². The Kier molecular flexibility index (Phi) is 16.3. The monoisotopic (exact) mass is 341 g/mol. The van der Waals surface area contributed by atoms with E-state index in [2.05, 4.69) is 6.92 Å². The van der Waals surface area contributed by atoms with Crippen LogP contribution in [0, 0.1) is 0 Å². The van der Waals surface area contributed by atoms with Crippen molar-refractivity contribution in [2.45, 2.75) is 116 Å². The minimum Gasteiger partial charge on any atom is -0.547 e.